The molecule has 2 aliphatic rings. The number of anilines is 3. The number of amides is 4. The number of hydrogen-bond acceptors (Lipinski definition) is 13. The highest BCUT2D eigenvalue weighted by Gasteiger charge is 2.26. The summed E-state index contributed by atoms with van der Waals surface area (Å²) in [5, 5.41) is 5.09. The van der Waals surface area contributed by atoms with E-state index in [0.717, 1.165) is 63.5 Å². The predicted octanol–water partition coefficient (Wildman–Crippen LogP) is 7.35. The first-order valence-electron chi connectivity index (χ1n) is 19.7. The van der Waals surface area contributed by atoms with Crippen LogP contribution in [0.25, 0.3) is 0 Å². The zero-order chi connectivity index (χ0) is 43.9. The van der Waals surface area contributed by atoms with Crippen molar-refractivity contribution in [3.05, 3.63) is 71.7 Å². The van der Waals surface area contributed by atoms with E-state index in [4.69, 9.17) is 15.2 Å². The van der Waals surface area contributed by atoms with E-state index in [0.29, 0.717) is 29.3 Å². The SMILES string of the molecule is C.C.C.CC(=O)N1CCN(Cc2ccc(N)nc2)C[C@@H]1C.CC(=O)N1CCN(Cc2ccc(NC(=O)OC(C)(C)C)nc2)C[C@@H]1C.CC(C)(C)OC(=O)Nc1ccc(C=O)cn1. The first kappa shape index (κ1) is 56.3. The molecule has 17 nitrogen and oxygen atoms in total. The molecule has 346 valence electrons. The van der Waals surface area contributed by atoms with E-state index in [2.05, 4.69) is 49.2 Å². The predicted molar refractivity (Wildman–Crippen MR) is 247 cm³/mol. The molecule has 4 amide bonds. The zero-order valence-corrected chi connectivity index (χ0v) is 36.2. The Kier molecular flexibility index (Phi) is 23.6. The van der Waals surface area contributed by atoms with E-state index in [-0.39, 0.29) is 46.2 Å². The van der Waals surface area contributed by atoms with Gasteiger partial charge in [0.2, 0.25) is 11.8 Å². The largest absolute Gasteiger partial charge is 0.444 e. The highest BCUT2D eigenvalue weighted by molar-refractivity contribution is 5.84. The minimum absolute atomic E-state index is 0. The highest BCUT2D eigenvalue weighted by Crippen LogP contribution is 2.16. The summed E-state index contributed by atoms with van der Waals surface area (Å²) in [4.78, 5) is 77.1. The molecule has 0 saturated carbocycles. The van der Waals surface area contributed by atoms with Crippen molar-refractivity contribution >= 4 is 47.7 Å². The Morgan fingerprint density at radius 3 is 1.37 bits per heavy atom. The molecule has 0 spiro atoms. The van der Waals surface area contributed by atoms with Crippen LogP contribution in [0.5, 0.6) is 0 Å². The minimum Gasteiger partial charge on any atom is -0.444 e. The number of carbonyl (C=O) groups excluding carboxylic acids is 5. The number of piperazine rings is 2. The van der Waals surface area contributed by atoms with Gasteiger partial charge in [-0.3, -0.25) is 34.8 Å². The Morgan fingerprint density at radius 1 is 0.661 bits per heavy atom. The van der Waals surface area contributed by atoms with Crippen molar-refractivity contribution in [3.63, 3.8) is 0 Å². The molecule has 0 radical (unpaired) electrons. The summed E-state index contributed by atoms with van der Waals surface area (Å²) in [6.07, 6.45) is 4.55. The minimum atomic E-state index is -0.571. The molecule has 62 heavy (non-hydrogen) atoms. The van der Waals surface area contributed by atoms with Gasteiger partial charge < -0.3 is 25.0 Å². The van der Waals surface area contributed by atoms with Crippen LogP contribution in [0.4, 0.5) is 27.0 Å². The zero-order valence-electron chi connectivity index (χ0n) is 36.2. The van der Waals surface area contributed by atoms with Crippen molar-refractivity contribution in [1.29, 1.82) is 0 Å². The van der Waals surface area contributed by atoms with E-state index in [1.54, 1.807) is 52.9 Å². The number of nitrogen functional groups attached to an aromatic ring is 1. The summed E-state index contributed by atoms with van der Waals surface area (Å²) in [6, 6.07) is 11.1. The maximum absolute atomic E-state index is 11.7. The van der Waals surface area contributed by atoms with Crippen molar-refractivity contribution in [1.82, 2.24) is 34.6 Å². The third-order valence-corrected chi connectivity index (χ3v) is 8.90. The van der Waals surface area contributed by atoms with Crippen LogP contribution in [0.2, 0.25) is 0 Å². The number of nitrogens with zero attached hydrogens (tertiary/aromatic N) is 7. The molecule has 2 saturated heterocycles. The average Bonchev–Trinajstić information content (AvgIpc) is 3.12. The maximum atomic E-state index is 11.7. The molecule has 4 N–H and O–H groups in total. The monoisotopic (exact) mass is 867 g/mol. The lowest BCUT2D eigenvalue weighted by atomic mass is 10.1. The van der Waals surface area contributed by atoms with Gasteiger partial charge in [0.05, 0.1) is 0 Å². The number of rotatable bonds is 7. The van der Waals surface area contributed by atoms with E-state index >= 15 is 0 Å². The summed E-state index contributed by atoms with van der Waals surface area (Å²) < 4.78 is 10.2. The highest BCUT2D eigenvalue weighted by atomic mass is 16.6. The third-order valence-electron chi connectivity index (χ3n) is 8.90. The van der Waals surface area contributed by atoms with Gasteiger partial charge >= 0.3 is 12.2 Å². The molecule has 3 aromatic heterocycles. The number of pyridine rings is 3. The molecular formula is C45H74N10O7. The van der Waals surface area contributed by atoms with E-state index in [1.807, 2.05) is 55.0 Å². The number of carbonyl (C=O) groups is 5. The van der Waals surface area contributed by atoms with Crippen molar-refractivity contribution in [2.24, 2.45) is 0 Å². The Labute approximate surface area is 370 Å². The van der Waals surface area contributed by atoms with Crippen molar-refractivity contribution in [2.75, 3.05) is 55.6 Å². The van der Waals surface area contributed by atoms with E-state index in [9.17, 15) is 24.0 Å². The Bertz CT molecular complexity index is 1830. The van der Waals surface area contributed by atoms with Gasteiger partial charge in [-0.05, 0) is 90.8 Å². The molecule has 17 heteroatoms. The van der Waals surface area contributed by atoms with Gasteiger partial charge in [-0.25, -0.2) is 24.5 Å². The van der Waals surface area contributed by atoms with Crippen LogP contribution in [-0.2, 0) is 32.2 Å². The Morgan fingerprint density at radius 2 is 1.06 bits per heavy atom. The molecule has 0 aliphatic carbocycles. The molecule has 3 aromatic rings. The fourth-order valence-electron chi connectivity index (χ4n) is 6.29. The van der Waals surface area contributed by atoms with Crippen LogP contribution in [0.3, 0.4) is 0 Å². The number of hydrogen-bond donors (Lipinski definition) is 3. The number of ether oxygens (including phenoxy) is 2. The maximum Gasteiger partial charge on any atom is 0.413 e. The van der Waals surface area contributed by atoms with Crippen LogP contribution in [-0.4, -0.2) is 127 Å². The third kappa shape index (κ3) is 20.7. The Balaban J connectivity index is 0.000000904. The van der Waals surface area contributed by atoms with Crippen LogP contribution in [0.15, 0.2) is 55.0 Å². The van der Waals surface area contributed by atoms with Crippen molar-refractivity contribution < 1.29 is 33.4 Å². The molecule has 0 unspecified atom stereocenters. The lowest BCUT2D eigenvalue weighted by molar-refractivity contribution is -0.134. The number of nitrogens with two attached hydrogens (primary N) is 1. The van der Waals surface area contributed by atoms with Gasteiger partial charge in [0, 0.05) is 102 Å². The van der Waals surface area contributed by atoms with Gasteiger partial charge in [0.15, 0.2) is 6.29 Å². The van der Waals surface area contributed by atoms with E-state index in [1.165, 1.54) is 12.3 Å². The first-order valence-corrected chi connectivity index (χ1v) is 19.7. The molecule has 0 aromatic carbocycles. The standard InChI is InChI=1S/C18H28N4O3.C13H20N4O.C11H14N2O3.3CH4/c1-13-11-21(8-9-22(13)14(2)23)12-15-6-7-16(19-10-15)20-17(24)25-18(3,4)5;1-10-8-16(5-6-17(10)11(2)18)9-12-3-4-13(14)15-7-12;1-11(2,3)16-10(15)13-9-5-4-8(7-14)6-12-9;;;/h6-7,10,13H,8-9,11-12H2,1-5H3,(H,19,20,24);3-4,7,10H,5-6,8-9H2,1-2H3,(H2,14,15);4-7H,1-3H3,(H,12,13,15);3*1H4/t13-;10-;;;;/m00..../s1. The van der Waals surface area contributed by atoms with Crippen LogP contribution < -0.4 is 16.4 Å². The molecule has 5 rings (SSSR count). The fourth-order valence-corrected chi connectivity index (χ4v) is 6.29. The second-order valence-electron chi connectivity index (χ2n) is 16.6. The summed E-state index contributed by atoms with van der Waals surface area (Å²) >= 11 is 0. The summed E-state index contributed by atoms with van der Waals surface area (Å²) in [7, 11) is 0. The van der Waals surface area contributed by atoms with Crippen molar-refractivity contribution in [2.45, 2.75) is 128 Å². The average molecular weight is 867 g/mol. The fraction of sp³-hybridized carbons (Fsp3) is 0.556. The smallest absolute Gasteiger partial charge is 0.413 e. The summed E-state index contributed by atoms with van der Waals surface area (Å²) in [5.41, 5.74) is 7.16. The van der Waals surface area contributed by atoms with Gasteiger partial charge in [-0.15, -0.1) is 0 Å². The first-order chi connectivity index (χ1) is 27.6. The van der Waals surface area contributed by atoms with Gasteiger partial charge in [-0.1, -0.05) is 34.4 Å². The molecule has 2 atom stereocenters. The second-order valence-corrected chi connectivity index (χ2v) is 16.6. The lowest BCUT2D eigenvalue weighted by Crippen LogP contribution is -2.53. The quantitative estimate of drug-likeness (QED) is 0.199. The number of aldehydes is 1. The second kappa shape index (κ2) is 25.9. The molecule has 5 heterocycles. The van der Waals surface area contributed by atoms with Crippen LogP contribution in [0, 0.1) is 0 Å². The molecule has 0 bridgehead atoms. The summed E-state index contributed by atoms with van der Waals surface area (Å²) in [5.74, 6) is 1.66. The van der Waals surface area contributed by atoms with E-state index < -0.39 is 23.4 Å². The van der Waals surface area contributed by atoms with Gasteiger partial charge in [-0.2, -0.15) is 0 Å². The van der Waals surface area contributed by atoms with Crippen LogP contribution >= 0.6 is 0 Å². The topological polar surface area (TPSA) is 206 Å². The molecular weight excluding hydrogens is 793 g/mol. The molecule has 2 fully saturated rings. The Hall–Kier alpha value is -5.68. The van der Waals surface area contributed by atoms with Crippen LogP contribution in [0.1, 0.15) is 113 Å². The number of aromatic nitrogens is 3. The normalized spacial score (nSPS) is 16.4. The lowest BCUT2D eigenvalue weighted by Gasteiger charge is -2.39. The van der Waals surface area contributed by atoms with Gasteiger partial charge in [0.25, 0.3) is 0 Å². The van der Waals surface area contributed by atoms with Gasteiger partial charge in [0.1, 0.15) is 28.7 Å². The summed E-state index contributed by atoms with van der Waals surface area (Å²) in [6.45, 7) is 24.9. The van der Waals surface area contributed by atoms with Crippen molar-refractivity contribution in [3.8, 4) is 0 Å². The molecule has 2 aliphatic heterocycles. The number of nitrogens with one attached hydrogen (secondary N) is 2.